The molecule has 0 saturated carbocycles. The number of aliphatic hydroxyl groups is 1. The van der Waals surface area contributed by atoms with Gasteiger partial charge in [0.15, 0.2) is 0 Å². The lowest BCUT2D eigenvalue weighted by Gasteiger charge is -2.37. The Hall–Kier alpha value is -4.41. The van der Waals surface area contributed by atoms with Gasteiger partial charge in [0.2, 0.25) is 5.95 Å². The van der Waals surface area contributed by atoms with Crippen LogP contribution in [0.3, 0.4) is 0 Å². The number of aromatic amines is 1. The number of allylic oxidation sites excluding steroid dienone is 1. The number of ether oxygens (including phenoxy) is 1. The number of carbonyl (C=O) groups is 1. The molecule has 0 aliphatic carbocycles. The minimum Gasteiger partial charge on any atom is -0.466 e. The van der Waals surface area contributed by atoms with Crippen LogP contribution in [-0.4, -0.2) is 64.7 Å². The third-order valence-electron chi connectivity index (χ3n) is 6.85. The Labute approximate surface area is 227 Å². The quantitative estimate of drug-likeness (QED) is 0.338. The number of halogens is 3. The van der Waals surface area contributed by atoms with Crippen molar-refractivity contribution in [2.24, 2.45) is 0 Å². The van der Waals surface area contributed by atoms with Gasteiger partial charge >= 0.3 is 17.8 Å². The molecule has 0 amide bonds. The second kappa shape index (κ2) is 10.6. The minimum absolute atomic E-state index is 0.00864. The standard InChI is InChI=1S/C27H27F3N6O4/c1-16-22(24(38)40-4)23(21-9-8-17(14-31)12-18(21)15-36(2,3)10-11-37)35-25(32-33-26(35)39)34(16)20-7-5-6-19(13-20)27(28,29)30/h5-9,12-13,23,37H,10-11,15H2,1-4H3/p+1/t23-/m1/s1. The zero-order valence-corrected chi connectivity index (χ0v) is 22.3. The molecule has 1 aliphatic rings. The van der Waals surface area contributed by atoms with Gasteiger partial charge in [-0.25, -0.2) is 19.3 Å². The molecule has 13 heteroatoms. The molecular weight excluding hydrogens is 529 g/mol. The summed E-state index contributed by atoms with van der Waals surface area (Å²) in [6.45, 7) is 2.17. The summed E-state index contributed by atoms with van der Waals surface area (Å²) in [6.07, 6.45) is -4.63. The first-order valence-corrected chi connectivity index (χ1v) is 12.2. The first-order chi connectivity index (χ1) is 18.8. The van der Waals surface area contributed by atoms with Crippen molar-refractivity contribution in [2.75, 3.05) is 39.3 Å². The van der Waals surface area contributed by atoms with Gasteiger partial charge in [-0.3, -0.25) is 4.90 Å². The molecule has 0 saturated heterocycles. The van der Waals surface area contributed by atoms with Crippen LogP contribution in [0.25, 0.3) is 0 Å². The lowest BCUT2D eigenvalue weighted by Crippen LogP contribution is -2.42. The first kappa shape index (κ1) is 28.6. The number of methoxy groups -OCH3 is 1. The van der Waals surface area contributed by atoms with Crippen molar-refractivity contribution < 1.29 is 32.3 Å². The molecule has 2 heterocycles. The lowest BCUT2D eigenvalue weighted by atomic mass is 9.89. The summed E-state index contributed by atoms with van der Waals surface area (Å²) in [7, 11) is 4.93. The number of esters is 1. The molecule has 3 aromatic rings. The van der Waals surface area contributed by atoms with Gasteiger partial charge in [0.1, 0.15) is 19.1 Å². The van der Waals surface area contributed by atoms with Crippen molar-refractivity contribution in [3.8, 4) is 6.07 Å². The summed E-state index contributed by atoms with van der Waals surface area (Å²) in [4.78, 5) is 27.8. The minimum atomic E-state index is -4.63. The molecule has 2 N–H and O–H groups in total. The maximum atomic E-state index is 13.5. The number of hydrogen-bond donors (Lipinski definition) is 2. The Bertz CT molecular complexity index is 1580. The average Bonchev–Trinajstić information content (AvgIpc) is 3.27. The summed E-state index contributed by atoms with van der Waals surface area (Å²) in [5.74, 6) is -0.823. The van der Waals surface area contributed by atoms with Gasteiger partial charge < -0.3 is 14.3 Å². The average molecular weight is 558 g/mol. The molecule has 1 aliphatic heterocycles. The SMILES string of the molecule is COC(=O)C1=C(C)N(c2cccc(C(F)(F)F)c2)c2n[nH]c(=O)n2[C@@H]1c1ccc(C#N)cc1C[N+](C)(C)CCO. The molecule has 0 fully saturated rings. The largest absolute Gasteiger partial charge is 0.466 e. The molecule has 1 atom stereocenters. The predicted molar refractivity (Wildman–Crippen MR) is 138 cm³/mol. The van der Waals surface area contributed by atoms with Crippen LogP contribution in [0.1, 0.15) is 35.2 Å². The molecule has 210 valence electrons. The van der Waals surface area contributed by atoms with E-state index in [1.807, 2.05) is 14.1 Å². The van der Waals surface area contributed by atoms with Crippen molar-refractivity contribution in [1.82, 2.24) is 14.8 Å². The number of aromatic nitrogens is 3. The topological polar surface area (TPSA) is 124 Å². The van der Waals surface area contributed by atoms with E-state index in [1.54, 1.807) is 18.2 Å². The molecule has 40 heavy (non-hydrogen) atoms. The number of fused-ring (bicyclic) bond motifs is 1. The predicted octanol–water partition coefficient (Wildman–Crippen LogP) is 3.22. The fourth-order valence-electron chi connectivity index (χ4n) is 4.97. The number of benzene rings is 2. The Morgan fingerprint density at radius 1 is 1.25 bits per heavy atom. The summed E-state index contributed by atoms with van der Waals surface area (Å²) < 4.78 is 47.3. The monoisotopic (exact) mass is 557 g/mol. The van der Waals surface area contributed by atoms with E-state index in [2.05, 4.69) is 16.3 Å². The van der Waals surface area contributed by atoms with E-state index in [0.29, 0.717) is 34.3 Å². The zero-order valence-electron chi connectivity index (χ0n) is 22.3. The summed E-state index contributed by atoms with van der Waals surface area (Å²) >= 11 is 0. The van der Waals surface area contributed by atoms with E-state index in [1.165, 1.54) is 35.6 Å². The maximum Gasteiger partial charge on any atom is 0.416 e. The van der Waals surface area contributed by atoms with E-state index in [-0.39, 0.29) is 29.5 Å². The summed E-state index contributed by atoms with van der Waals surface area (Å²) in [5.41, 5.74) is 0.112. The van der Waals surface area contributed by atoms with Crippen LogP contribution in [-0.2, 0) is 22.3 Å². The van der Waals surface area contributed by atoms with E-state index < -0.39 is 29.4 Å². The van der Waals surface area contributed by atoms with Crippen LogP contribution in [0.5, 0.6) is 0 Å². The molecule has 0 unspecified atom stereocenters. The van der Waals surface area contributed by atoms with Crippen molar-refractivity contribution in [3.05, 3.63) is 86.5 Å². The number of hydrogen-bond acceptors (Lipinski definition) is 7. The first-order valence-electron chi connectivity index (χ1n) is 12.2. The van der Waals surface area contributed by atoms with Crippen LogP contribution in [0.2, 0.25) is 0 Å². The van der Waals surface area contributed by atoms with Crippen LogP contribution >= 0.6 is 0 Å². The van der Waals surface area contributed by atoms with E-state index in [4.69, 9.17) is 4.74 Å². The fraction of sp³-hybridized carbons (Fsp3) is 0.333. The molecule has 0 spiro atoms. The second-order valence-electron chi connectivity index (χ2n) is 10.0. The smallest absolute Gasteiger partial charge is 0.416 e. The van der Waals surface area contributed by atoms with Gasteiger partial charge in [0, 0.05) is 16.9 Å². The molecular formula is C27H28F3N6O4+. The maximum absolute atomic E-state index is 13.5. The molecule has 10 nitrogen and oxygen atoms in total. The van der Waals surface area contributed by atoms with E-state index in [9.17, 15) is 33.1 Å². The highest BCUT2D eigenvalue weighted by Gasteiger charge is 2.41. The van der Waals surface area contributed by atoms with Crippen molar-refractivity contribution >= 4 is 17.6 Å². The third-order valence-corrected chi connectivity index (χ3v) is 6.85. The van der Waals surface area contributed by atoms with Gasteiger partial charge in [0.05, 0.1) is 50.6 Å². The number of H-pyrrole nitrogens is 1. The molecule has 1 aromatic heterocycles. The van der Waals surface area contributed by atoms with Crippen LogP contribution < -0.4 is 10.6 Å². The Balaban J connectivity index is 2.01. The number of likely N-dealkylation sites (N-methyl/N-ethyl adjacent to an activating group) is 1. The number of nitriles is 1. The number of alkyl halides is 3. The number of anilines is 2. The zero-order chi connectivity index (χ0) is 29.4. The molecule has 4 rings (SSSR count). The number of aliphatic hydroxyl groups excluding tert-OH is 1. The van der Waals surface area contributed by atoms with Gasteiger partial charge in [0.25, 0.3) is 0 Å². The van der Waals surface area contributed by atoms with Crippen LogP contribution in [0.15, 0.2) is 58.5 Å². The number of rotatable bonds is 7. The number of nitrogens with zero attached hydrogens (tertiary/aromatic N) is 5. The Morgan fingerprint density at radius 3 is 2.60 bits per heavy atom. The second-order valence-corrected chi connectivity index (χ2v) is 10.0. The molecule has 2 aromatic carbocycles. The van der Waals surface area contributed by atoms with Gasteiger partial charge in [-0.1, -0.05) is 12.1 Å². The van der Waals surface area contributed by atoms with Gasteiger partial charge in [-0.05, 0) is 42.8 Å². The third kappa shape index (κ3) is 5.23. The Morgan fingerprint density at radius 2 is 1.98 bits per heavy atom. The fourth-order valence-corrected chi connectivity index (χ4v) is 4.97. The summed E-state index contributed by atoms with van der Waals surface area (Å²) in [6, 6.07) is 10.3. The van der Waals surface area contributed by atoms with Crippen LogP contribution in [0.4, 0.5) is 24.8 Å². The van der Waals surface area contributed by atoms with Gasteiger partial charge in [-0.2, -0.15) is 18.4 Å². The molecule has 0 bridgehead atoms. The lowest BCUT2D eigenvalue weighted by molar-refractivity contribution is -0.903. The van der Waals surface area contributed by atoms with Crippen molar-refractivity contribution in [1.29, 1.82) is 5.26 Å². The number of carbonyl (C=O) groups excluding carboxylic acids is 1. The van der Waals surface area contributed by atoms with Crippen LogP contribution in [0, 0.1) is 11.3 Å². The highest BCUT2D eigenvalue weighted by molar-refractivity contribution is 5.93. The number of quaternary nitrogens is 1. The van der Waals surface area contributed by atoms with E-state index >= 15 is 0 Å². The van der Waals surface area contributed by atoms with Gasteiger partial charge in [-0.15, -0.1) is 5.10 Å². The summed E-state index contributed by atoms with van der Waals surface area (Å²) in [5, 5.41) is 25.6. The van der Waals surface area contributed by atoms with Crippen molar-refractivity contribution in [2.45, 2.75) is 25.7 Å². The normalized spacial score (nSPS) is 15.6. The Kier molecular flexibility index (Phi) is 7.60. The number of nitrogens with one attached hydrogen (secondary N) is 1. The van der Waals surface area contributed by atoms with E-state index in [0.717, 1.165) is 12.1 Å². The van der Waals surface area contributed by atoms with Crippen molar-refractivity contribution in [3.63, 3.8) is 0 Å². The molecule has 0 radical (unpaired) electrons. The highest BCUT2D eigenvalue weighted by atomic mass is 19.4. The highest BCUT2D eigenvalue weighted by Crippen LogP contribution is 2.43.